The lowest BCUT2D eigenvalue weighted by Gasteiger charge is -2.30. The molecule has 1 atom stereocenters. The van der Waals surface area contributed by atoms with Gasteiger partial charge in [-0.1, -0.05) is 33.8 Å². The lowest BCUT2D eigenvalue weighted by Crippen LogP contribution is -2.39. The van der Waals surface area contributed by atoms with Crippen LogP contribution in [-0.2, 0) is 26.7 Å². The van der Waals surface area contributed by atoms with Gasteiger partial charge >= 0.3 is 0 Å². The van der Waals surface area contributed by atoms with Crippen LogP contribution in [0, 0.1) is 5.92 Å². The van der Waals surface area contributed by atoms with Crippen LogP contribution in [0.2, 0.25) is 0 Å². The van der Waals surface area contributed by atoms with E-state index in [1.165, 1.54) is 5.56 Å². The number of amides is 1. The van der Waals surface area contributed by atoms with Crippen LogP contribution in [0.4, 0.5) is 5.69 Å². The lowest BCUT2D eigenvalue weighted by atomic mass is 9.86. The van der Waals surface area contributed by atoms with Crippen LogP contribution in [0.15, 0.2) is 58.0 Å². The molecule has 1 aliphatic rings. The average Bonchev–Trinajstić information content (AvgIpc) is 3.15. The maximum Gasteiger partial charge on any atom is 0.243 e. The van der Waals surface area contributed by atoms with Crippen molar-refractivity contribution < 1.29 is 17.6 Å². The zero-order chi connectivity index (χ0) is 23.8. The Kier molecular flexibility index (Phi) is 6.38. The Balaban J connectivity index is 1.45. The molecule has 3 aromatic rings. The summed E-state index contributed by atoms with van der Waals surface area (Å²) in [6.07, 6.45) is 3.74. The molecule has 0 aliphatic carbocycles. The molecule has 0 spiro atoms. The fourth-order valence-electron chi connectivity index (χ4n) is 4.29. The number of sulfonamides is 1. The molecule has 1 amide bonds. The van der Waals surface area contributed by atoms with E-state index in [0.29, 0.717) is 24.7 Å². The number of rotatable bonds is 5. The Labute approximate surface area is 196 Å². The van der Waals surface area contributed by atoms with E-state index in [4.69, 9.17) is 4.42 Å². The molecule has 1 saturated heterocycles. The second-order valence-corrected chi connectivity index (χ2v) is 12.0. The standard InChI is InChI=1S/C26H32N2O4S/c1-18-6-5-13-28(16-18)33(30,31)22-10-8-21(9-11-22)27-25(29)14-19-17-32-24-12-7-20(15-23(19)24)26(2,3)4/h7-12,15,17-18H,5-6,13-14,16H2,1-4H3,(H,27,29). The van der Waals surface area contributed by atoms with Crippen molar-refractivity contribution in [2.75, 3.05) is 18.4 Å². The third-order valence-corrected chi connectivity index (χ3v) is 8.15. The zero-order valence-electron chi connectivity index (χ0n) is 19.7. The Morgan fingerprint density at radius 2 is 1.88 bits per heavy atom. The maximum atomic E-state index is 12.9. The topological polar surface area (TPSA) is 79.6 Å². The highest BCUT2D eigenvalue weighted by molar-refractivity contribution is 7.89. The van der Waals surface area contributed by atoms with E-state index in [1.807, 2.05) is 6.07 Å². The van der Waals surface area contributed by atoms with Crippen molar-refractivity contribution in [3.05, 3.63) is 59.9 Å². The predicted molar refractivity (Wildman–Crippen MR) is 131 cm³/mol. The first-order valence-electron chi connectivity index (χ1n) is 11.4. The summed E-state index contributed by atoms with van der Waals surface area (Å²) in [7, 11) is -3.51. The molecule has 33 heavy (non-hydrogen) atoms. The fraction of sp³-hybridized carbons (Fsp3) is 0.423. The van der Waals surface area contributed by atoms with E-state index in [1.54, 1.807) is 34.8 Å². The van der Waals surface area contributed by atoms with Crippen molar-refractivity contribution in [3.63, 3.8) is 0 Å². The SMILES string of the molecule is CC1CCCN(S(=O)(=O)c2ccc(NC(=O)Cc3coc4ccc(C(C)(C)C)cc34)cc2)C1. The van der Waals surface area contributed by atoms with Crippen LogP contribution in [0.3, 0.4) is 0 Å². The summed E-state index contributed by atoms with van der Waals surface area (Å²) in [5.74, 6) is 0.185. The number of fused-ring (bicyclic) bond motifs is 1. The van der Waals surface area contributed by atoms with Crippen molar-refractivity contribution in [3.8, 4) is 0 Å². The molecule has 1 aromatic heterocycles. The number of anilines is 1. The Morgan fingerprint density at radius 1 is 1.15 bits per heavy atom. The van der Waals surface area contributed by atoms with Gasteiger partial charge in [0.2, 0.25) is 15.9 Å². The van der Waals surface area contributed by atoms with Crippen LogP contribution in [-0.4, -0.2) is 31.7 Å². The zero-order valence-corrected chi connectivity index (χ0v) is 20.5. The average molecular weight is 469 g/mol. The van der Waals surface area contributed by atoms with Gasteiger partial charge in [0, 0.05) is 29.7 Å². The van der Waals surface area contributed by atoms with Gasteiger partial charge in [-0.3, -0.25) is 4.79 Å². The second-order valence-electron chi connectivity index (χ2n) is 10.1. The minimum Gasteiger partial charge on any atom is -0.464 e. The van der Waals surface area contributed by atoms with Gasteiger partial charge < -0.3 is 9.73 Å². The smallest absolute Gasteiger partial charge is 0.243 e. The number of hydrogen-bond donors (Lipinski definition) is 1. The summed E-state index contributed by atoms with van der Waals surface area (Å²) in [4.78, 5) is 12.9. The van der Waals surface area contributed by atoms with E-state index < -0.39 is 10.0 Å². The number of benzene rings is 2. The molecule has 2 aromatic carbocycles. The molecular formula is C26H32N2O4S. The first-order valence-corrected chi connectivity index (χ1v) is 12.9. The summed E-state index contributed by atoms with van der Waals surface area (Å²) in [6, 6.07) is 12.5. The number of carbonyl (C=O) groups excluding carboxylic acids is 1. The van der Waals surface area contributed by atoms with Crippen LogP contribution in [0.5, 0.6) is 0 Å². The molecule has 1 fully saturated rings. The van der Waals surface area contributed by atoms with Crippen molar-refractivity contribution in [1.29, 1.82) is 0 Å². The third kappa shape index (κ3) is 5.14. The maximum absolute atomic E-state index is 12.9. The minimum absolute atomic E-state index is 0.000686. The molecule has 0 saturated carbocycles. The molecule has 7 heteroatoms. The molecule has 1 aliphatic heterocycles. The van der Waals surface area contributed by atoms with Crippen molar-refractivity contribution in [2.24, 2.45) is 5.92 Å². The number of nitrogens with one attached hydrogen (secondary N) is 1. The third-order valence-electron chi connectivity index (χ3n) is 6.27. The molecule has 1 unspecified atom stereocenters. The van der Waals surface area contributed by atoms with Gasteiger partial charge in [-0.05, 0) is 66.1 Å². The van der Waals surface area contributed by atoms with Crippen LogP contribution >= 0.6 is 0 Å². The van der Waals surface area contributed by atoms with E-state index >= 15 is 0 Å². The predicted octanol–water partition coefficient (Wildman–Crippen LogP) is 5.33. The minimum atomic E-state index is -3.51. The first-order chi connectivity index (χ1) is 15.5. The molecule has 0 bridgehead atoms. The number of furan rings is 1. The Bertz CT molecular complexity index is 1250. The molecule has 1 N–H and O–H groups in total. The van der Waals surface area contributed by atoms with E-state index in [0.717, 1.165) is 29.4 Å². The quantitative estimate of drug-likeness (QED) is 0.549. The van der Waals surface area contributed by atoms with Crippen LogP contribution in [0.25, 0.3) is 11.0 Å². The van der Waals surface area contributed by atoms with Gasteiger partial charge in [-0.15, -0.1) is 0 Å². The van der Waals surface area contributed by atoms with Gasteiger partial charge in [-0.2, -0.15) is 4.31 Å². The molecule has 6 nitrogen and oxygen atoms in total. The van der Waals surface area contributed by atoms with Crippen molar-refractivity contribution in [1.82, 2.24) is 4.31 Å². The van der Waals surface area contributed by atoms with Gasteiger partial charge in [0.1, 0.15) is 5.58 Å². The number of carbonyl (C=O) groups is 1. The Hall–Kier alpha value is -2.64. The van der Waals surface area contributed by atoms with Gasteiger partial charge in [0.25, 0.3) is 0 Å². The number of hydrogen-bond acceptors (Lipinski definition) is 4. The molecular weight excluding hydrogens is 436 g/mol. The first kappa shape index (κ1) is 23.5. The highest BCUT2D eigenvalue weighted by atomic mass is 32.2. The summed E-state index contributed by atoms with van der Waals surface area (Å²) < 4.78 is 33.1. The molecule has 4 rings (SSSR count). The largest absolute Gasteiger partial charge is 0.464 e. The van der Waals surface area contributed by atoms with E-state index in [2.05, 4.69) is 45.1 Å². The number of nitrogens with zero attached hydrogens (tertiary/aromatic N) is 1. The van der Waals surface area contributed by atoms with Gasteiger partial charge in [0.15, 0.2) is 0 Å². The van der Waals surface area contributed by atoms with Crippen LogP contribution in [0.1, 0.15) is 51.7 Å². The normalized spacial score (nSPS) is 17.9. The van der Waals surface area contributed by atoms with E-state index in [-0.39, 0.29) is 22.6 Å². The van der Waals surface area contributed by atoms with E-state index in [9.17, 15) is 13.2 Å². The van der Waals surface area contributed by atoms with Crippen LogP contribution < -0.4 is 5.32 Å². The number of piperidine rings is 1. The summed E-state index contributed by atoms with van der Waals surface area (Å²) in [5, 5.41) is 3.81. The highest BCUT2D eigenvalue weighted by Gasteiger charge is 2.28. The monoisotopic (exact) mass is 468 g/mol. The summed E-state index contributed by atoms with van der Waals surface area (Å²) >= 11 is 0. The second kappa shape index (κ2) is 8.95. The highest BCUT2D eigenvalue weighted by Crippen LogP contribution is 2.29. The summed E-state index contributed by atoms with van der Waals surface area (Å²) in [6.45, 7) is 9.63. The lowest BCUT2D eigenvalue weighted by molar-refractivity contribution is -0.115. The van der Waals surface area contributed by atoms with Gasteiger partial charge in [-0.25, -0.2) is 8.42 Å². The fourth-order valence-corrected chi connectivity index (χ4v) is 5.89. The molecule has 2 heterocycles. The van der Waals surface area contributed by atoms with Gasteiger partial charge in [0.05, 0.1) is 17.6 Å². The van der Waals surface area contributed by atoms with Crippen molar-refractivity contribution in [2.45, 2.75) is 57.3 Å². The molecule has 176 valence electrons. The summed E-state index contributed by atoms with van der Waals surface area (Å²) in [5.41, 5.74) is 3.32. The Morgan fingerprint density at radius 3 is 2.55 bits per heavy atom. The van der Waals surface area contributed by atoms with Crippen molar-refractivity contribution >= 4 is 32.6 Å². The molecule has 0 radical (unpaired) electrons.